The summed E-state index contributed by atoms with van der Waals surface area (Å²) in [4.78, 5) is 44.2. The summed E-state index contributed by atoms with van der Waals surface area (Å²) >= 11 is 0. The van der Waals surface area contributed by atoms with Gasteiger partial charge in [0.25, 0.3) is 5.56 Å². The van der Waals surface area contributed by atoms with Crippen molar-refractivity contribution < 1.29 is 14.7 Å². The molecule has 2 aromatic carbocycles. The molecular weight excluding hydrogens is 506 g/mol. The molecule has 10 heteroatoms. The molecule has 0 unspecified atom stereocenters. The van der Waals surface area contributed by atoms with Gasteiger partial charge in [-0.3, -0.25) is 19.8 Å². The number of aliphatic carboxylic acids is 1. The first-order valence-corrected chi connectivity index (χ1v) is 12.7. The smallest absolute Gasteiger partial charge is 0.312 e. The third kappa shape index (κ3) is 5.03. The van der Waals surface area contributed by atoms with Gasteiger partial charge in [0.1, 0.15) is 18.0 Å². The first-order valence-electron chi connectivity index (χ1n) is 12.7. The monoisotopic (exact) mass is 537 g/mol. The topological polar surface area (TPSA) is 142 Å². The average Bonchev–Trinajstić information content (AvgIpc) is 3.47. The largest absolute Gasteiger partial charge is 0.481 e. The highest BCUT2D eigenvalue weighted by Crippen LogP contribution is 2.54. The number of rotatable bonds is 8. The van der Waals surface area contributed by atoms with Gasteiger partial charge in [-0.15, -0.1) is 12.4 Å². The van der Waals surface area contributed by atoms with Crippen LogP contribution in [0.3, 0.4) is 0 Å². The van der Waals surface area contributed by atoms with Crippen LogP contribution in [0.25, 0.3) is 11.0 Å². The number of aromatic nitrogens is 2. The Labute approximate surface area is 226 Å². The lowest BCUT2D eigenvalue weighted by atomic mass is 9.98. The van der Waals surface area contributed by atoms with Gasteiger partial charge < -0.3 is 20.3 Å². The Kier molecular flexibility index (Phi) is 7.60. The van der Waals surface area contributed by atoms with E-state index in [0.29, 0.717) is 28.7 Å². The number of hydrogen-bond donors (Lipinski definition) is 3. The summed E-state index contributed by atoms with van der Waals surface area (Å²) in [5.41, 5.74) is 9.05. The van der Waals surface area contributed by atoms with Crippen LogP contribution in [0.4, 0.5) is 0 Å². The van der Waals surface area contributed by atoms with Crippen LogP contribution in [0.2, 0.25) is 0 Å². The quantitative estimate of drug-likeness (QED) is 0.228. The fourth-order valence-corrected chi connectivity index (χ4v) is 5.75. The molecule has 38 heavy (non-hydrogen) atoms. The van der Waals surface area contributed by atoms with Gasteiger partial charge in [0.2, 0.25) is 5.91 Å². The summed E-state index contributed by atoms with van der Waals surface area (Å²) in [6.07, 6.45) is 5.24. The average molecular weight is 538 g/mol. The van der Waals surface area contributed by atoms with Crippen LogP contribution < -0.4 is 11.3 Å². The Morgan fingerprint density at radius 1 is 1.16 bits per heavy atom. The molecular formula is C28H32ClN5O4. The van der Waals surface area contributed by atoms with Crippen LogP contribution in [0.15, 0.2) is 47.3 Å². The molecule has 2 aliphatic rings. The number of carbonyl (C=O) groups excluding carboxylic acids is 1. The maximum Gasteiger partial charge on any atom is 0.312 e. The van der Waals surface area contributed by atoms with Crippen molar-refractivity contribution in [3.05, 3.63) is 75.2 Å². The predicted octanol–water partition coefficient (Wildman–Crippen LogP) is 3.47. The number of nitrogens with zero attached hydrogens (tertiary/aromatic N) is 3. The second-order valence-corrected chi connectivity index (χ2v) is 10.2. The van der Waals surface area contributed by atoms with Gasteiger partial charge in [-0.05, 0) is 48.9 Å². The van der Waals surface area contributed by atoms with Crippen molar-refractivity contribution in [3.63, 3.8) is 0 Å². The minimum atomic E-state index is -1.11. The molecule has 2 aliphatic carbocycles. The van der Waals surface area contributed by atoms with Crippen LogP contribution in [0.1, 0.15) is 67.3 Å². The molecule has 9 nitrogen and oxygen atoms in total. The normalized spacial score (nSPS) is 16.1. The molecule has 0 atom stereocenters. The summed E-state index contributed by atoms with van der Waals surface area (Å²) in [5.74, 6) is -1.46. The Hall–Kier alpha value is -3.72. The third-order valence-electron chi connectivity index (χ3n) is 7.76. The van der Waals surface area contributed by atoms with E-state index in [4.69, 9.17) is 16.1 Å². The van der Waals surface area contributed by atoms with E-state index >= 15 is 0 Å². The number of carbonyl (C=O) groups is 2. The maximum absolute atomic E-state index is 13.1. The lowest BCUT2D eigenvalue weighted by molar-refractivity contribution is -0.147. The van der Waals surface area contributed by atoms with Crippen molar-refractivity contribution in [1.29, 1.82) is 5.41 Å². The third-order valence-corrected chi connectivity index (χ3v) is 7.76. The molecule has 2 fully saturated rings. The zero-order valence-corrected chi connectivity index (χ0v) is 22.1. The minimum absolute atomic E-state index is 0. The van der Waals surface area contributed by atoms with E-state index in [1.54, 1.807) is 23.7 Å². The van der Waals surface area contributed by atoms with Gasteiger partial charge in [-0.25, -0.2) is 4.98 Å². The molecule has 1 amide bonds. The fraction of sp³-hybridized carbons (Fsp3) is 0.393. The minimum Gasteiger partial charge on any atom is -0.481 e. The van der Waals surface area contributed by atoms with Crippen molar-refractivity contribution in [3.8, 4) is 0 Å². The first kappa shape index (κ1) is 27.3. The van der Waals surface area contributed by atoms with Crippen molar-refractivity contribution in [2.24, 2.45) is 12.8 Å². The van der Waals surface area contributed by atoms with E-state index < -0.39 is 17.9 Å². The van der Waals surface area contributed by atoms with Gasteiger partial charge in [0.15, 0.2) is 0 Å². The van der Waals surface area contributed by atoms with Crippen LogP contribution >= 0.6 is 12.4 Å². The van der Waals surface area contributed by atoms with E-state index in [0.717, 1.165) is 49.7 Å². The molecule has 1 aromatic heterocycles. The van der Waals surface area contributed by atoms with Crippen LogP contribution in [0.5, 0.6) is 0 Å². The number of aryl methyl sites for hydroxylation is 1. The summed E-state index contributed by atoms with van der Waals surface area (Å²) in [7, 11) is 1.72. The summed E-state index contributed by atoms with van der Waals surface area (Å²) in [5, 5.41) is 16.9. The number of fused-ring (bicyclic) bond motifs is 1. The molecule has 0 bridgehead atoms. The number of carboxylic acids is 1. The molecule has 0 spiro atoms. The van der Waals surface area contributed by atoms with Gasteiger partial charge in [-0.1, -0.05) is 43.2 Å². The number of nitrogen functional groups attached to an aromatic ring is 1. The number of nitrogens with two attached hydrogens (primary N) is 1. The van der Waals surface area contributed by atoms with Crippen molar-refractivity contribution in [2.45, 2.75) is 62.9 Å². The highest BCUT2D eigenvalue weighted by atomic mass is 35.5. The number of nitrogens with one attached hydrogen (secondary N) is 1. The molecule has 0 aliphatic heterocycles. The number of carboxylic acid groups (broad SMARTS) is 1. The Morgan fingerprint density at radius 2 is 1.82 bits per heavy atom. The summed E-state index contributed by atoms with van der Waals surface area (Å²) in [6.45, 7) is 0. The highest BCUT2D eigenvalue weighted by Gasteiger charge is 2.54. The molecule has 200 valence electrons. The SMILES string of the molecule is Cl.Cn1c(=O)c(Cc2ccc(C(=N)N)cc2)nc2cc(C3(N(C(=O)CC(=O)O)C4CCCC4)CC3)ccc21. The number of halogens is 1. The predicted molar refractivity (Wildman–Crippen MR) is 147 cm³/mol. The number of benzene rings is 2. The standard InChI is InChI=1S/C28H31N5O4.ClH/c1-32-23-11-10-19(28(12-13-28)33(20-4-2-3-5-20)24(34)16-25(35)36)15-21(23)31-22(27(32)37)14-17-6-8-18(9-7-17)26(29)30;/h6-11,15,20H,2-5,12-14,16H2,1H3,(H3,29,30)(H,35,36);1H. The first-order chi connectivity index (χ1) is 17.7. The Morgan fingerprint density at radius 3 is 2.39 bits per heavy atom. The molecule has 0 radical (unpaired) electrons. The van der Waals surface area contributed by atoms with E-state index in [9.17, 15) is 19.5 Å². The van der Waals surface area contributed by atoms with E-state index in [1.165, 1.54) is 0 Å². The zero-order valence-electron chi connectivity index (χ0n) is 21.3. The van der Waals surface area contributed by atoms with E-state index in [2.05, 4.69) is 0 Å². The van der Waals surface area contributed by atoms with Gasteiger partial charge in [-0.2, -0.15) is 0 Å². The molecule has 0 saturated heterocycles. The van der Waals surface area contributed by atoms with Crippen molar-refractivity contribution in [1.82, 2.24) is 14.5 Å². The second kappa shape index (κ2) is 10.6. The van der Waals surface area contributed by atoms with E-state index in [1.807, 2.05) is 35.2 Å². The van der Waals surface area contributed by atoms with Crippen LogP contribution in [-0.4, -0.2) is 43.3 Å². The van der Waals surface area contributed by atoms with Gasteiger partial charge >= 0.3 is 5.97 Å². The van der Waals surface area contributed by atoms with Crippen molar-refractivity contribution in [2.75, 3.05) is 0 Å². The van der Waals surface area contributed by atoms with Crippen LogP contribution in [-0.2, 0) is 28.6 Å². The van der Waals surface area contributed by atoms with E-state index in [-0.39, 0.29) is 35.8 Å². The zero-order chi connectivity index (χ0) is 26.3. The van der Waals surface area contributed by atoms with Crippen LogP contribution in [0, 0.1) is 5.41 Å². The lowest BCUT2D eigenvalue weighted by Gasteiger charge is -2.37. The molecule has 2 saturated carbocycles. The number of amidine groups is 1. The summed E-state index contributed by atoms with van der Waals surface area (Å²) in [6, 6.07) is 13.0. The molecule has 1 heterocycles. The van der Waals surface area contributed by atoms with Crippen molar-refractivity contribution >= 4 is 41.2 Å². The molecule has 5 rings (SSSR count). The highest BCUT2D eigenvalue weighted by molar-refractivity contribution is 5.95. The Bertz CT molecular complexity index is 1460. The lowest BCUT2D eigenvalue weighted by Crippen LogP contribution is -2.47. The summed E-state index contributed by atoms with van der Waals surface area (Å²) < 4.78 is 1.59. The maximum atomic E-state index is 13.1. The molecule has 3 aromatic rings. The van der Waals surface area contributed by atoms with Gasteiger partial charge in [0.05, 0.1) is 16.6 Å². The number of amides is 1. The number of hydrogen-bond acceptors (Lipinski definition) is 5. The second-order valence-electron chi connectivity index (χ2n) is 10.2. The van der Waals surface area contributed by atoms with Gasteiger partial charge in [0, 0.05) is 25.1 Å². The molecule has 4 N–H and O–H groups in total. The Balaban J connectivity index is 0.00000336. The fourth-order valence-electron chi connectivity index (χ4n) is 5.75.